The number of para-hydroxylation sites is 3. The van der Waals surface area contributed by atoms with E-state index in [1.54, 1.807) is 0 Å². The molecule has 0 radical (unpaired) electrons. The van der Waals surface area contributed by atoms with Crippen molar-refractivity contribution in [2.45, 2.75) is 38.5 Å². The summed E-state index contributed by atoms with van der Waals surface area (Å²) in [7, 11) is 0. The van der Waals surface area contributed by atoms with Crippen molar-refractivity contribution in [1.29, 1.82) is 10.5 Å². The van der Waals surface area contributed by atoms with E-state index in [4.69, 9.17) is 0 Å². The Balaban J connectivity index is 1.20. The van der Waals surface area contributed by atoms with E-state index < -0.39 is 5.92 Å². The summed E-state index contributed by atoms with van der Waals surface area (Å²) < 4.78 is 2.36. The van der Waals surface area contributed by atoms with Crippen molar-refractivity contribution in [3.05, 3.63) is 166 Å². The topological polar surface area (TPSA) is 55.8 Å². The van der Waals surface area contributed by atoms with Gasteiger partial charge in [-0.3, -0.25) is 0 Å². The van der Waals surface area contributed by atoms with Crippen molar-refractivity contribution in [2.75, 3.05) is 4.90 Å². The molecule has 4 aliphatic rings. The van der Waals surface area contributed by atoms with E-state index >= 15 is 0 Å². The predicted molar refractivity (Wildman–Crippen MR) is 199 cm³/mol. The SMILES string of the molecule is N#CC1=C(c2ccccc2-n2c3c(c4ccccc42)CCC=C3)C=C(c2cccc(N3C4=C(C=CCC4)Cc4ccccc43)c2)[C@@H](C#N)C1. The zero-order valence-corrected chi connectivity index (χ0v) is 27.2. The van der Waals surface area contributed by atoms with Gasteiger partial charge in [-0.15, -0.1) is 0 Å². The van der Waals surface area contributed by atoms with E-state index in [2.05, 4.69) is 149 Å². The van der Waals surface area contributed by atoms with Gasteiger partial charge in [0, 0.05) is 52.1 Å². The molecule has 234 valence electrons. The molecule has 4 aromatic carbocycles. The number of aryl methyl sites for hydroxylation is 1. The molecule has 4 nitrogen and oxygen atoms in total. The van der Waals surface area contributed by atoms with Crippen LogP contribution in [0.3, 0.4) is 0 Å². The third-order valence-electron chi connectivity index (χ3n) is 10.5. The third kappa shape index (κ3) is 4.72. The standard InChI is InChI=1S/C45H34N4/c46-28-33-25-34(29-47)40(38-18-5-10-23-45(38)49-43-21-8-3-16-36(43)37-17-4-9-22-44(37)49)27-39(33)30-14-11-15-35(26-30)48-41-19-6-1-12-31(41)24-32-13-2-7-20-42(32)48/h1-3,5-6,8-16,18-19,21-23,26-27,33H,4,7,17,20,24-25H2/t33-/m1/s1. The molecule has 0 unspecified atom stereocenters. The summed E-state index contributed by atoms with van der Waals surface area (Å²) in [6, 6.07) is 39.4. The normalized spacial score (nSPS) is 18.0. The molecule has 0 amide bonds. The molecule has 5 aromatic rings. The Morgan fingerprint density at radius 3 is 2.45 bits per heavy atom. The Morgan fingerprint density at radius 2 is 1.55 bits per heavy atom. The van der Waals surface area contributed by atoms with E-state index in [0.29, 0.717) is 12.0 Å². The van der Waals surface area contributed by atoms with Crippen LogP contribution in [0.1, 0.15) is 53.6 Å². The molecule has 0 saturated heterocycles. The molecule has 49 heavy (non-hydrogen) atoms. The lowest BCUT2D eigenvalue weighted by atomic mass is 9.79. The lowest BCUT2D eigenvalue weighted by molar-refractivity contribution is 0.837. The molecule has 0 fully saturated rings. The highest BCUT2D eigenvalue weighted by Gasteiger charge is 2.30. The monoisotopic (exact) mass is 630 g/mol. The minimum Gasteiger partial charge on any atom is -0.314 e. The summed E-state index contributed by atoms with van der Waals surface area (Å²) in [5, 5.41) is 22.3. The fraction of sp³-hybridized carbons (Fsp3) is 0.156. The van der Waals surface area contributed by atoms with Crippen molar-refractivity contribution >= 4 is 39.5 Å². The summed E-state index contributed by atoms with van der Waals surface area (Å²) in [5.74, 6) is -0.426. The van der Waals surface area contributed by atoms with Crippen LogP contribution in [0, 0.1) is 28.6 Å². The van der Waals surface area contributed by atoms with E-state index in [1.807, 2.05) is 0 Å². The highest BCUT2D eigenvalue weighted by Crippen LogP contribution is 2.46. The number of allylic oxidation sites excluding steroid dienone is 9. The number of benzene rings is 4. The molecular weight excluding hydrogens is 597 g/mol. The Morgan fingerprint density at radius 1 is 0.755 bits per heavy atom. The van der Waals surface area contributed by atoms with Gasteiger partial charge in [-0.25, -0.2) is 0 Å². The van der Waals surface area contributed by atoms with Crippen molar-refractivity contribution in [2.24, 2.45) is 5.92 Å². The number of nitriles is 2. The maximum Gasteiger partial charge on any atom is 0.0954 e. The van der Waals surface area contributed by atoms with Gasteiger partial charge in [-0.05, 0) is 102 Å². The zero-order chi connectivity index (χ0) is 32.9. The van der Waals surface area contributed by atoms with Crippen LogP contribution in [-0.2, 0) is 12.8 Å². The molecule has 4 heteroatoms. The summed E-state index contributed by atoms with van der Waals surface area (Å²) >= 11 is 0. The molecule has 9 rings (SSSR count). The molecule has 2 heterocycles. The van der Waals surface area contributed by atoms with E-state index in [-0.39, 0.29) is 0 Å². The number of rotatable bonds is 4. The van der Waals surface area contributed by atoms with Crippen LogP contribution in [0.5, 0.6) is 0 Å². The Kier molecular flexibility index (Phi) is 7.03. The number of anilines is 2. The van der Waals surface area contributed by atoms with Crippen LogP contribution in [0.25, 0.3) is 33.8 Å². The molecule has 0 spiro atoms. The van der Waals surface area contributed by atoms with Gasteiger partial charge in [0.1, 0.15) is 0 Å². The minimum absolute atomic E-state index is 0.379. The quantitative estimate of drug-likeness (QED) is 0.199. The van der Waals surface area contributed by atoms with E-state index in [9.17, 15) is 10.5 Å². The highest BCUT2D eigenvalue weighted by molar-refractivity contribution is 5.96. The maximum absolute atomic E-state index is 10.5. The number of fused-ring (bicyclic) bond motifs is 4. The summed E-state index contributed by atoms with van der Waals surface area (Å²) in [5.41, 5.74) is 15.7. The number of aromatic nitrogens is 1. The largest absolute Gasteiger partial charge is 0.314 e. The summed E-state index contributed by atoms with van der Waals surface area (Å²) in [6.45, 7) is 0. The zero-order valence-electron chi connectivity index (χ0n) is 27.2. The number of hydrogen-bond acceptors (Lipinski definition) is 3. The first kappa shape index (κ1) is 29.1. The second-order valence-corrected chi connectivity index (χ2v) is 13.3. The predicted octanol–water partition coefficient (Wildman–Crippen LogP) is 10.8. The molecule has 3 aliphatic carbocycles. The van der Waals surface area contributed by atoms with Gasteiger partial charge in [0.05, 0.1) is 29.3 Å². The van der Waals surface area contributed by atoms with E-state index in [0.717, 1.165) is 65.8 Å². The number of nitrogens with zero attached hydrogens (tertiary/aromatic N) is 4. The van der Waals surface area contributed by atoms with Crippen LogP contribution in [0.2, 0.25) is 0 Å². The molecule has 1 aliphatic heterocycles. The number of hydrogen-bond donors (Lipinski definition) is 0. The Bertz CT molecular complexity index is 2430. The average Bonchev–Trinajstić information content (AvgIpc) is 3.50. The fourth-order valence-corrected chi connectivity index (χ4v) is 8.32. The van der Waals surface area contributed by atoms with Crippen LogP contribution in [0.4, 0.5) is 11.4 Å². The first-order valence-electron chi connectivity index (χ1n) is 17.2. The van der Waals surface area contributed by atoms with Gasteiger partial charge < -0.3 is 9.47 Å². The van der Waals surface area contributed by atoms with Crippen LogP contribution >= 0.6 is 0 Å². The van der Waals surface area contributed by atoms with Gasteiger partial charge >= 0.3 is 0 Å². The van der Waals surface area contributed by atoms with Gasteiger partial charge in [0.2, 0.25) is 0 Å². The summed E-state index contributed by atoms with van der Waals surface area (Å²) in [4.78, 5) is 2.42. The second kappa shape index (κ2) is 11.9. The van der Waals surface area contributed by atoms with Gasteiger partial charge in [0.15, 0.2) is 0 Å². The van der Waals surface area contributed by atoms with Crippen molar-refractivity contribution in [3.8, 4) is 17.8 Å². The first-order valence-corrected chi connectivity index (χ1v) is 17.2. The molecular formula is C45H34N4. The minimum atomic E-state index is -0.426. The Hall–Kier alpha value is -6.10. The fourth-order valence-electron chi connectivity index (χ4n) is 8.32. The lowest BCUT2D eigenvalue weighted by Gasteiger charge is -2.36. The third-order valence-corrected chi connectivity index (χ3v) is 10.5. The maximum atomic E-state index is 10.5. The van der Waals surface area contributed by atoms with Gasteiger partial charge in [0.25, 0.3) is 0 Å². The molecule has 0 saturated carbocycles. The molecule has 1 aromatic heterocycles. The Labute approximate surface area is 287 Å². The van der Waals surface area contributed by atoms with Crippen molar-refractivity contribution < 1.29 is 0 Å². The van der Waals surface area contributed by atoms with Crippen molar-refractivity contribution in [3.63, 3.8) is 0 Å². The highest BCUT2D eigenvalue weighted by atomic mass is 15.2. The van der Waals surface area contributed by atoms with Gasteiger partial charge in [-0.1, -0.05) is 85.0 Å². The van der Waals surface area contributed by atoms with Gasteiger partial charge in [-0.2, -0.15) is 10.5 Å². The average molecular weight is 631 g/mol. The van der Waals surface area contributed by atoms with Crippen molar-refractivity contribution in [1.82, 2.24) is 4.57 Å². The van der Waals surface area contributed by atoms with Crippen LogP contribution in [-0.4, -0.2) is 4.57 Å². The van der Waals surface area contributed by atoms with E-state index in [1.165, 1.54) is 44.7 Å². The second-order valence-electron chi connectivity index (χ2n) is 13.3. The first-order chi connectivity index (χ1) is 24.2. The smallest absolute Gasteiger partial charge is 0.0954 e. The summed E-state index contributed by atoms with van der Waals surface area (Å²) in [6.07, 6.45) is 16.6. The lowest BCUT2D eigenvalue weighted by Crippen LogP contribution is -2.25. The van der Waals surface area contributed by atoms with Crippen LogP contribution < -0.4 is 4.90 Å². The molecule has 0 bridgehead atoms. The van der Waals surface area contributed by atoms with Crippen LogP contribution in [0.15, 0.2) is 138 Å². The molecule has 0 N–H and O–H groups in total. The molecule has 1 atom stereocenters.